The Labute approximate surface area is 81.0 Å². The number of hydrogen-bond donors (Lipinski definition) is 0. The van der Waals surface area contributed by atoms with Crippen LogP contribution in [-0.4, -0.2) is 25.2 Å². The van der Waals surface area contributed by atoms with Crippen molar-refractivity contribution in [1.29, 1.82) is 0 Å². The molecule has 0 atom stereocenters. The molecule has 0 unspecified atom stereocenters. The van der Waals surface area contributed by atoms with Crippen LogP contribution in [0.5, 0.6) is 0 Å². The first-order chi connectivity index (χ1) is 4.98. The fourth-order valence-corrected chi connectivity index (χ4v) is 0. The summed E-state index contributed by atoms with van der Waals surface area (Å²) >= 11 is 0. The Balaban J connectivity index is -0.000000173. The maximum Gasteiger partial charge on any atom is 1.00 e. The standard InChI is InChI=1S/CHF3O3S.CHF3.Li/c2-1(3,4)8(5,6)7;2-1(3)4;/h(H,5,6,7);1H;/q;;+1/p-1. The molecule has 13 heavy (non-hydrogen) atoms. The maximum atomic E-state index is 10.7. The van der Waals surface area contributed by atoms with E-state index in [0.717, 1.165) is 0 Å². The molecule has 0 amide bonds. The minimum absolute atomic E-state index is 0. The fourth-order valence-electron chi connectivity index (χ4n) is 0. The molecule has 0 spiro atoms. The smallest absolute Gasteiger partial charge is 0.741 e. The predicted molar refractivity (Wildman–Crippen MR) is 22.9 cm³/mol. The van der Waals surface area contributed by atoms with E-state index < -0.39 is 22.3 Å². The first kappa shape index (κ1) is 18.8. The molecule has 0 radical (unpaired) electrons. The molecular formula is C2HF6LiO3S. The van der Waals surface area contributed by atoms with Crippen LogP contribution in [0, 0.1) is 0 Å². The molecule has 0 bridgehead atoms. The van der Waals surface area contributed by atoms with Crippen molar-refractivity contribution in [3.63, 3.8) is 0 Å². The van der Waals surface area contributed by atoms with Gasteiger partial charge in [-0.25, -0.2) is 8.42 Å². The molecule has 0 aromatic rings. The van der Waals surface area contributed by atoms with Crippen LogP contribution in [-0.2, 0) is 10.1 Å². The molecule has 0 heterocycles. The van der Waals surface area contributed by atoms with Crippen LogP contribution >= 0.6 is 0 Å². The molecule has 3 nitrogen and oxygen atoms in total. The van der Waals surface area contributed by atoms with Crippen LogP contribution < -0.4 is 18.9 Å². The summed E-state index contributed by atoms with van der Waals surface area (Å²) in [6.07, 6.45) is 0. The summed E-state index contributed by atoms with van der Waals surface area (Å²) in [5.41, 5.74) is -5.65. The van der Waals surface area contributed by atoms with Gasteiger partial charge in [0.15, 0.2) is 10.1 Å². The molecule has 0 aromatic carbocycles. The van der Waals surface area contributed by atoms with Crippen molar-refractivity contribution in [1.82, 2.24) is 0 Å². The van der Waals surface area contributed by atoms with Gasteiger partial charge in [0.1, 0.15) is 0 Å². The summed E-state index contributed by atoms with van der Waals surface area (Å²) in [7, 11) is -6.09. The van der Waals surface area contributed by atoms with Crippen LogP contribution in [0.1, 0.15) is 0 Å². The van der Waals surface area contributed by atoms with E-state index in [1.54, 1.807) is 0 Å². The second kappa shape index (κ2) is 6.53. The zero-order valence-corrected chi connectivity index (χ0v) is 6.79. The largest absolute Gasteiger partial charge is 1.00 e. The first-order valence-electron chi connectivity index (χ1n) is 1.93. The molecule has 0 saturated heterocycles. The van der Waals surface area contributed by atoms with Crippen LogP contribution in [0.25, 0.3) is 0 Å². The first-order valence-corrected chi connectivity index (χ1v) is 3.33. The number of alkyl halides is 6. The van der Waals surface area contributed by atoms with E-state index in [4.69, 9.17) is 13.0 Å². The SMILES string of the molecule is FC(F)F.O=S(=O)([O-])C(F)(F)F.[Li+]. The second-order valence-electron chi connectivity index (χ2n) is 1.15. The summed E-state index contributed by atoms with van der Waals surface area (Å²) in [6, 6.07) is 0. The molecular weight excluding hydrogens is 225 g/mol. The number of hydrogen-bond acceptors (Lipinski definition) is 3. The van der Waals surface area contributed by atoms with Crippen molar-refractivity contribution in [2.75, 3.05) is 0 Å². The molecule has 0 fully saturated rings. The molecule has 0 aliphatic rings. The van der Waals surface area contributed by atoms with Crippen molar-refractivity contribution in [3.8, 4) is 0 Å². The summed E-state index contributed by atoms with van der Waals surface area (Å²) < 4.78 is 87.9. The monoisotopic (exact) mass is 226 g/mol. The third-order valence-corrected chi connectivity index (χ3v) is 0.850. The van der Waals surface area contributed by atoms with Gasteiger partial charge < -0.3 is 4.55 Å². The second-order valence-corrected chi connectivity index (χ2v) is 2.52. The Morgan fingerprint density at radius 3 is 1.15 bits per heavy atom. The molecule has 0 saturated carbocycles. The third kappa shape index (κ3) is 14.9. The zero-order valence-electron chi connectivity index (χ0n) is 5.98. The summed E-state index contributed by atoms with van der Waals surface area (Å²) in [5, 5.41) is 0. The van der Waals surface area contributed by atoms with Crippen LogP contribution in [0.4, 0.5) is 26.3 Å². The van der Waals surface area contributed by atoms with Crippen molar-refractivity contribution in [2.24, 2.45) is 0 Å². The van der Waals surface area contributed by atoms with Crippen LogP contribution in [0.2, 0.25) is 0 Å². The van der Waals surface area contributed by atoms with E-state index >= 15 is 0 Å². The van der Waals surface area contributed by atoms with Gasteiger partial charge in [-0.1, -0.05) is 0 Å². The van der Waals surface area contributed by atoms with Crippen molar-refractivity contribution in [2.45, 2.75) is 12.2 Å². The molecule has 76 valence electrons. The van der Waals surface area contributed by atoms with Gasteiger partial charge in [-0.15, -0.1) is 0 Å². The van der Waals surface area contributed by atoms with Gasteiger partial charge in [0.2, 0.25) is 0 Å². The van der Waals surface area contributed by atoms with Gasteiger partial charge in [0.05, 0.1) is 0 Å². The van der Waals surface area contributed by atoms with Gasteiger partial charge in [-0.3, -0.25) is 0 Å². The summed E-state index contributed by atoms with van der Waals surface area (Å²) in [4.78, 5) is 0. The third-order valence-electron chi connectivity index (χ3n) is 0.283. The topological polar surface area (TPSA) is 57.2 Å². The number of rotatable bonds is 0. The van der Waals surface area contributed by atoms with Crippen molar-refractivity contribution >= 4 is 10.1 Å². The summed E-state index contributed by atoms with van der Waals surface area (Å²) in [5.74, 6) is 0. The predicted octanol–water partition coefficient (Wildman–Crippen LogP) is -1.77. The van der Waals surface area contributed by atoms with Crippen LogP contribution in [0.3, 0.4) is 0 Å². The van der Waals surface area contributed by atoms with Gasteiger partial charge in [-0.05, 0) is 0 Å². The minimum Gasteiger partial charge on any atom is -0.741 e. The van der Waals surface area contributed by atoms with E-state index in [1.807, 2.05) is 0 Å². The molecule has 11 heteroatoms. The Kier molecular flexibility index (Phi) is 9.44. The zero-order chi connectivity index (χ0) is 10.6. The Hall–Kier alpha value is 0.0874. The fraction of sp³-hybridized carbons (Fsp3) is 1.00. The maximum absolute atomic E-state index is 10.7. The van der Waals surface area contributed by atoms with E-state index in [-0.39, 0.29) is 18.9 Å². The normalized spacial score (nSPS) is 11.4. The Morgan fingerprint density at radius 2 is 1.15 bits per heavy atom. The van der Waals surface area contributed by atoms with Crippen molar-refractivity contribution in [3.05, 3.63) is 0 Å². The minimum atomic E-state index is -6.09. The Bertz CT molecular complexity index is 206. The van der Waals surface area contributed by atoms with E-state index in [2.05, 4.69) is 0 Å². The van der Waals surface area contributed by atoms with Crippen molar-refractivity contribution < 1.29 is 58.2 Å². The molecule has 0 aliphatic heterocycles. The van der Waals surface area contributed by atoms with E-state index in [0.29, 0.717) is 0 Å². The van der Waals surface area contributed by atoms with Gasteiger partial charge in [0.25, 0.3) is 0 Å². The molecule has 0 rings (SSSR count). The average Bonchev–Trinajstić information content (AvgIpc) is 1.55. The average molecular weight is 226 g/mol. The quantitative estimate of drug-likeness (QED) is 0.212. The van der Waals surface area contributed by atoms with Gasteiger partial charge in [0, 0.05) is 0 Å². The summed E-state index contributed by atoms with van der Waals surface area (Å²) in [6.45, 7) is -3.67. The Morgan fingerprint density at radius 1 is 1.08 bits per heavy atom. The molecule has 0 N–H and O–H groups in total. The van der Waals surface area contributed by atoms with Gasteiger partial charge >= 0.3 is 31.0 Å². The van der Waals surface area contributed by atoms with E-state index in [1.165, 1.54) is 0 Å². The molecule has 0 aliphatic carbocycles. The van der Waals surface area contributed by atoms with Gasteiger partial charge in [-0.2, -0.15) is 26.3 Å². The van der Waals surface area contributed by atoms with Crippen LogP contribution in [0.15, 0.2) is 0 Å². The number of halogens is 6. The molecule has 0 aromatic heterocycles. The van der Waals surface area contributed by atoms with E-state index in [9.17, 15) is 26.3 Å².